The van der Waals surface area contributed by atoms with Gasteiger partial charge >= 0.3 is 0 Å². The van der Waals surface area contributed by atoms with E-state index in [1.54, 1.807) is 12.1 Å². The van der Waals surface area contributed by atoms with Crippen molar-refractivity contribution in [1.29, 1.82) is 10.5 Å². The van der Waals surface area contributed by atoms with Gasteiger partial charge in [0.05, 0.1) is 11.0 Å². The van der Waals surface area contributed by atoms with Crippen molar-refractivity contribution >= 4 is 11.8 Å². The summed E-state index contributed by atoms with van der Waals surface area (Å²) in [4.78, 5) is 9.72. The topological polar surface area (TPSA) is 111 Å². The van der Waals surface area contributed by atoms with Gasteiger partial charge in [0.1, 0.15) is 23.5 Å². The van der Waals surface area contributed by atoms with Crippen LogP contribution in [0.25, 0.3) is 6.08 Å². The summed E-state index contributed by atoms with van der Waals surface area (Å²) >= 11 is 0. The van der Waals surface area contributed by atoms with E-state index in [1.807, 2.05) is 0 Å². The molecule has 0 fully saturated rings. The van der Waals surface area contributed by atoms with Gasteiger partial charge in [-0.3, -0.25) is 10.1 Å². The Hall–Kier alpha value is -2.86. The molecular formula is C10H5N3O3. The summed E-state index contributed by atoms with van der Waals surface area (Å²) in [5, 5.41) is 36.8. The number of phenolic OH excluding ortho intramolecular Hbond substituents is 1. The van der Waals surface area contributed by atoms with E-state index in [0.717, 1.165) is 12.1 Å². The molecule has 1 rings (SSSR count). The molecule has 0 aliphatic carbocycles. The Morgan fingerprint density at radius 3 is 2.50 bits per heavy atom. The summed E-state index contributed by atoms with van der Waals surface area (Å²) in [6, 6.07) is 6.64. The number of phenols is 1. The van der Waals surface area contributed by atoms with Crippen LogP contribution in [-0.4, -0.2) is 10.0 Å². The molecule has 0 saturated heterocycles. The normalized spacial score (nSPS) is 8.62. The molecule has 0 amide bonds. The van der Waals surface area contributed by atoms with E-state index in [0.29, 0.717) is 0 Å². The molecule has 0 aromatic heterocycles. The van der Waals surface area contributed by atoms with Crippen LogP contribution in [0, 0.1) is 32.8 Å². The molecule has 0 bridgehead atoms. The van der Waals surface area contributed by atoms with Gasteiger partial charge in [0, 0.05) is 11.6 Å². The van der Waals surface area contributed by atoms with E-state index < -0.39 is 4.92 Å². The predicted octanol–water partition coefficient (Wildman–Crippen LogP) is 1.73. The molecule has 6 nitrogen and oxygen atoms in total. The van der Waals surface area contributed by atoms with Crippen LogP contribution < -0.4 is 0 Å². The fourth-order valence-corrected chi connectivity index (χ4v) is 1.01. The lowest BCUT2D eigenvalue weighted by atomic mass is 10.1. The van der Waals surface area contributed by atoms with Crippen molar-refractivity contribution in [2.75, 3.05) is 0 Å². The number of aromatic hydroxyl groups is 1. The van der Waals surface area contributed by atoms with Crippen LogP contribution in [0.15, 0.2) is 23.8 Å². The summed E-state index contributed by atoms with van der Waals surface area (Å²) < 4.78 is 0. The zero-order chi connectivity index (χ0) is 12.1. The number of allylic oxidation sites excluding steroid dienone is 1. The standard InChI is InChI=1S/C10H5N3O3/c11-5-7(6-12)3-8-1-2-9(13(15)16)4-10(8)14/h1-4,14H. The Balaban J connectivity index is 3.21. The quantitative estimate of drug-likeness (QED) is 0.458. The van der Waals surface area contributed by atoms with E-state index in [9.17, 15) is 15.2 Å². The van der Waals surface area contributed by atoms with Gasteiger partial charge in [0.15, 0.2) is 0 Å². The van der Waals surface area contributed by atoms with E-state index in [1.165, 1.54) is 12.1 Å². The van der Waals surface area contributed by atoms with Gasteiger partial charge in [0.2, 0.25) is 0 Å². The number of nitro benzene ring substituents is 1. The van der Waals surface area contributed by atoms with Crippen LogP contribution in [-0.2, 0) is 0 Å². The zero-order valence-electron chi connectivity index (χ0n) is 7.91. The number of rotatable bonds is 2. The van der Waals surface area contributed by atoms with Gasteiger partial charge in [-0.1, -0.05) is 0 Å². The molecule has 0 saturated carbocycles. The van der Waals surface area contributed by atoms with Crippen LogP contribution in [0.1, 0.15) is 5.56 Å². The number of nitrogens with zero attached hydrogens (tertiary/aromatic N) is 3. The first-order valence-electron chi connectivity index (χ1n) is 4.07. The third kappa shape index (κ3) is 2.34. The second-order valence-corrected chi connectivity index (χ2v) is 2.78. The minimum absolute atomic E-state index is 0.184. The summed E-state index contributed by atoms with van der Waals surface area (Å²) in [6.45, 7) is 0. The molecule has 16 heavy (non-hydrogen) atoms. The molecule has 0 radical (unpaired) electrons. The number of hydrogen-bond donors (Lipinski definition) is 1. The lowest BCUT2D eigenvalue weighted by Crippen LogP contribution is -1.88. The monoisotopic (exact) mass is 215 g/mol. The summed E-state index contributed by atoms with van der Waals surface area (Å²) in [5.41, 5.74) is -0.266. The maximum atomic E-state index is 10.4. The Morgan fingerprint density at radius 1 is 1.44 bits per heavy atom. The lowest BCUT2D eigenvalue weighted by Gasteiger charge is -1.98. The van der Waals surface area contributed by atoms with Crippen molar-refractivity contribution in [2.45, 2.75) is 0 Å². The third-order valence-electron chi connectivity index (χ3n) is 1.77. The molecule has 0 atom stereocenters. The van der Waals surface area contributed by atoms with Gasteiger partial charge < -0.3 is 5.11 Å². The largest absolute Gasteiger partial charge is 0.507 e. The fraction of sp³-hybridized carbons (Fsp3) is 0. The van der Waals surface area contributed by atoms with Gasteiger partial charge in [0.25, 0.3) is 5.69 Å². The predicted molar refractivity (Wildman–Crippen MR) is 54.0 cm³/mol. The molecule has 0 heterocycles. The van der Waals surface area contributed by atoms with Gasteiger partial charge in [-0.2, -0.15) is 10.5 Å². The van der Waals surface area contributed by atoms with Crippen molar-refractivity contribution in [3.8, 4) is 17.9 Å². The zero-order valence-corrected chi connectivity index (χ0v) is 7.91. The molecule has 6 heteroatoms. The van der Waals surface area contributed by atoms with Crippen molar-refractivity contribution in [3.63, 3.8) is 0 Å². The summed E-state index contributed by atoms with van der Waals surface area (Å²) in [7, 11) is 0. The van der Waals surface area contributed by atoms with Crippen LogP contribution in [0.5, 0.6) is 5.75 Å². The van der Waals surface area contributed by atoms with Gasteiger partial charge in [-0.05, 0) is 12.1 Å². The molecule has 0 spiro atoms. The Bertz CT molecular complexity index is 533. The second kappa shape index (κ2) is 4.58. The molecule has 1 aromatic carbocycles. The van der Waals surface area contributed by atoms with Gasteiger partial charge in [-0.25, -0.2) is 0 Å². The van der Waals surface area contributed by atoms with E-state index in [4.69, 9.17) is 10.5 Å². The maximum absolute atomic E-state index is 10.4. The van der Waals surface area contributed by atoms with Crippen molar-refractivity contribution in [2.24, 2.45) is 0 Å². The van der Waals surface area contributed by atoms with Crippen LogP contribution in [0.4, 0.5) is 5.69 Å². The summed E-state index contributed by atoms with van der Waals surface area (Å²) in [6.07, 6.45) is 1.15. The number of benzene rings is 1. The smallest absolute Gasteiger partial charge is 0.273 e. The molecule has 0 unspecified atom stereocenters. The highest BCUT2D eigenvalue weighted by atomic mass is 16.6. The second-order valence-electron chi connectivity index (χ2n) is 2.78. The minimum Gasteiger partial charge on any atom is -0.507 e. The molecule has 0 aliphatic heterocycles. The Morgan fingerprint density at radius 2 is 2.06 bits per heavy atom. The van der Waals surface area contributed by atoms with Crippen LogP contribution in [0.2, 0.25) is 0 Å². The fourth-order valence-electron chi connectivity index (χ4n) is 1.01. The first-order chi connectivity index (χ1) is 7.58. The molecule has 1 N–H and O–H groups in total. The average Bonchev–Trinajstić information content (AvgIpc) is 2.27. The first kappa shape index (κ1) is 11.2. The highest BCUT2D eigenvalue weighted by Crippen LogP contribution is 2.25. The third-order valence-corrected chi connectivity index (χ3v) is 1.77. The maximum Gasteiger partial charge on any atom is 0.273 e. The molecule has 0 aliphatic rings. The molecule has 1 aromatic rings. The Kier molecular flexibility index (Phi) is 3.21. The summed E-state index contributed by atoms with van der Waals surface area (Å²) in [5.74, 6) is -0.350. The highest BCUT2D eigenvalue weighted by Gasteiger charge is 2.09. The minimum atomic E-state index is -0.650. The number of nitro groups is 1. The van der Waals surface area contributed by atoms with E-state index in [-0.39, 0.29) is 22.6 Å². The Labute approximate surface area is 90.4 Å². The molecule has 78 valence electrons. The van der Waals surface area contributed by atoms with E-state index in [2.05, 4.69) is 0 Å². The number of nitriles is 2. The number of hydrogen-bond acceptors (Lipinski definition) is 5. The molecular weight excluding hydrogens is 210 g/mol. The van der Waals surface area contributed by atoms with Crippen LogP contribution in [0.3, 0.4) is 0 Å². The average molecular weight is 215 g/mol. The van der Waals surface area contributed by atoms with E-state index >= 15 is 0 Å². The first-order valence-corrected chi connectivity index (χ1v) is 4.07. The van der Waals surface area contributed by atoms with Crippen LogP contribution >= 0.6 is 0 Å². The highest BCUT2D eigenvalue weighted by molar-refractivity contribution is 5.67. The number of non-ortho nitro benzene ring substituents is 1. The van der Waals surface area contributed by atoms with Crippen molar-refractivity contribution < 1.29 is 10.0 Å². The SMILES string of the molecule is N#CC(C#N)=Cc1ccc([N+](=O)[O-])cc1O. The van der Waals surface area contributed by atoms with Gasteiger partial charge in [-0.15, -0.1) is 0 Å². The van der Waals surface area contributed by atoms with Crippen molar-refractivity contribution in [3.05, 3.63) is 39.4 Å². The van der Waals surface area contributed by atoms with Crippen molar-refractivity contribution in [1.82, 2.24) is 0 Å². The lowest BCUT2D eigenvalue weighted by molar-refractivity contribution is -0.384.